The summed E-state index contributed by atoms with van der Waals surface area (Å²) < 4.78 is 27.8. The molecule has 0 aliphatic rings. The van der Waals surface area contributed by atoms with Crippen molar-refractivity contribution in [3.63, 3.8) is 0 Å². The maximum atomic E-state index is 13.4. The summed E-state index contributed by atoms with van der Waals surface area (Å²) in [7, 11) is -4.02. The van der Waals surface area contributed by atoms with Gasteiger partial charge in [-0.2, -0.15) is 4.31 Å². The molecule has 9 heteroatoms. The molecule has 0 aliphatic carbocycles. The standard InChI is InChI=1S/C23H21Cl3N2O3S/c1-2-16-5-3-4-6-22(16)27-23(29)15-28(14-17-7-8-19(25)13-21(17)26)32(30,31)20-11-9-18(24)10-12-20/h3-13H,2,14-15H2,1H3,(H,27,29). The summed E-state index contributed by atoms with van der Waals surface area (Å²) in [5, 5.41) is 3.96. The van der Waals surface area contributed by atoms with Gasteiger partial charge in [0.05, 0.1) is 11.4 Å². The SMILES string of the molecule is CCc1ccccc1NC(=O)CN(Cc1ccc(Cl)cc1Cl)S(=O)(=O)c1ccc(Cl)cc1. The Labute approximate surface area is 203 Å². The van der Waals surface area contributed by atoms with Crippen LogP contribution in [0.3, 0.4) is 0 Å². The molecule has 5 nitrogen and oxygen atoms in total. The molecule has 3 rings (SSSR count). The van der Waals surface area contributed by atoms with Gasteiger partial charge < -0.3 is 5.32 Å². The minimum atomic E-state index is -4.02. The van der Waals surface area contributed by atoms with Gasteiger partial charge >= 0.3 is 0 Å². The molecular formula is C23H21Cl3N2O3S. The van der Waals surface area contributed by atoms with Crippen molar-refractivity contribution in [2.45, 2.75) is 24.8 Å². The maximum Gasteiger partial charge on any atom is 0.243 e. The molecule has 0 aromatic heterocycles. The first kappa shape index (κ1) is 24.6. The second-order valence-electron chi connectivity index (χ2n) is 7.02. The van der Waals surface area contributed by atoms with Crippen molar-refractivity contribution in [3.05, 3.63) is 92.9 Å². The number of hydrogen-bond donors (Lipinski definition) is 1. The second-order valence-corrected chi connectivity index (χ2v) is 10.2. The third-order valence-electron chi connectivity index (χ3n) is 4.81. The van der Waals surface area contributed by atoms with Crippen molar-refractivity contribution in [2.24, 2.45) is 0 Å². The van der Waals surface area contributed by atoms with Crippen LogP contribution in [0.5, 0.6) is 0 Å². The summed E-state index contributed by atoms with van der Waals surface area (Å²) in [6.45, 7) is 1.47. The average Bonchev–Trinajstić information content (AvgIpc) is 2.75. The monoisotopic (exact) mass is 510 g/mol. The largest absolute Gasteiger partial charge is 0.325 e. The van der Waals surface area contributed by atoms with Crippen LogP contribution >= 0.6 is 34.8 Å². The first-order valence-corrected chi connectivity index (χ1v) is 12.4. The van der Waals surface area contributed by atoms with Crippen molar-refractivity contribution in [2.75, 3.05) is 11.9 Å². The number of amides is 1. The summed E-state index contributed by atoms with van der Waals surface area (Å²) in [4.78, 5) is 12.9. The Morgan fingerprint density at radius 2 is 1.56 bits per heavy atom. The van der Waals surface area contributed by atoms with E-state index in [0.717, 1.165) is 16.3 Å². The summed E-state index contributed by atoms with van der Waals surface area (Å²) in [5.74, 6) is -0.464. The Balaban J connectivity index is 1.92. The van der Waals surface area contributed by atoms with Crippen LogP contribution in [0.25, 0.3) is 0 Å². The molecule has 0 radical (unpaired) electrons. The van der Waals surface area contributed by atoms with Gasteiger partial charge in [-0.05, 0) is 60.0 Å². The van der Waals surface area contributed by atoms with E-state index in [1.165, 1.54) is 30.3 Å². The number of benzene rings is 3. The molecule has 1 N–H and O–H groups in total. The van der Waals surface area contributed by atoms with Gasteiger partial charge in [-0.1, -0.05) is 66.0 Å². The predicted octanol–water partition coefficient (Wildman–Crippen LogP) is 6.04. The molecule has 0 aliphatic heterocycles. The van der Waals surface area contributed by atoms with E-state index in [2.05, 4.69) is 5.32 Å². The highest BCUT2D eigenvalue weighted by molar-refractivity contribution is 7.89. The quantitative estimate of drug-likeness (QED) is 0.401. The van der Waals surface area contributed by atoms with Crippen molar-refractivity contribution < 1.29 is 13.2 Å². The van der Waals surface area contributed by atoms with E-state index >= 15 is 0 Å². The smallest absolute Gasteiger partial charge is 0.243 e. The molecule has 0 atom stereocenters. The van der Waals surface area contributed by atoms with Gasteiger partial charge in [0.1, 0.15) is 0 Å². The second kappa shape index (κ2) is 10.7. The Morgan fingerprint density at radius 1 is 0.906 bits per heavy atom. The van der Waals surface area contributed by atoms with Crippen molar-refractivity contribution in [1.82, 2.24) is 4.31 Å². The van der Waals surface area contributed by atoms with Crippen LogP contribution in [-0.2, 0) is 27.8 Å². The molecule has 0 spiro atoms. The van der Waals surface area contributed by atoms with E-state index in [1.54, 1.807) is 18.2 Å². The summed E-state index contributed by atoms with van der Waals surface area (Å²) in [6.07, 6.45) is 0.726. The fraction of sp³-hybridized carbons (Fsp3) is 0.174. The van der Waals surface area contributed by atoms with Crippen LogP contribution in [0.1, 0.15) is 18.1 Å². The molecule has 0 heterocycles. The minimum absolute atomic E-state index is 0.0220. The topological polar surface area (TPSA) is 66.5 Å². The number of rotatable bonds is 8. The van der Waals surface area contributed by atoms with Gasteiger partial charge in [-0.3, -0.25) is 4.79 Å². The lowest BCUT2D eigenvalue weighted by atomic mass is 10.1. The number of halogens is 3. The molecule has 168 valence electrons. The Hall–Kier alpha value is -2.09. The Kier molecular flexibility index (Phi) is 8.20. The lowest BCUT2D eigenvalue weighted by Gasteiger charge is -2.23. The van der Waals surface area contributed by atoms with Gasteiger partial charge in [0.15, 0.2) is 0 Å². The highest BCUT2D eigenvalue weighted by Crippen LogP contribution is 2.26. The molecule has 32 heavy (non-hydrogen) atoms. The van der Waals surface area contributed by atoms with Crippen LogP contribution in [0.4, 0.5) is 5.69 Å². The highest BCUT2D eigenvalue weighted by atomic mass is 35.5. The molecule has 0 bridgehead atoms. The van der Waals surface area contributed by atoms with Crippen molar-refractivity contribution in [3.8, 4) is 0 Å². The molecule has 3 aromatic carbocycles. The van der Waals surface area contributed by atoms with Crippen LogP contribution in [0.2, 0.25) is 15.1 Å². The van der Waals surface area contributed by atoms with Crippen LogP contribution in [0.15, 0.2) is 71.6 Å². The predicted molar refractivity (Wildman–Crippen MR) is 130 cm³/mol. The fourth-order valence-corrected chi connectivity index (χ4v) is 5.09. The Morgan fingerprint density at radius 3 is 2.22 bits per heavy atom. The first-order valence-electron chi connectivity index (χ1n) is 9.78. The Bertz CT molecular complexity index is 1220. The van der Waals surface area contributed by atoms with Crippen molar-refractivity contribution >= 4 is 56.4 Å². The zero-order valence-corrected chi connectivity index (χ0v) is 20.3. The molecule has 0 saturated heterocycles. The van der Waals surface area contributed by atoms with E-state index < -0.39 is 22.5 Å². The lowest BCUT2D eigenvalue weighted by Crippen LogP contribution is -2.37. The van der Waals surface area contributed by atoms with Gasteiger partial charge in [-0.15, -0.1) is 0 Å². The molecule has 0 fully saturated rings. The van der Waals surface area contributed by atoms with Gasteiger partial charge in [0, 0.05) is 27.3 Å². The third kappa shape index (κ3) is 6.03. The van der Waals surface area contributed by atoms with E-state index in [0.29, 0.717) is 26.3 Å². The highest BCUT2D eigenvalue weighted by Gasteiger charge is 2.28. The van der Waals surface area contributed by atoms with Gasteiger partial charge in [-0.25, -0.2) is 8.42 Å². The molecule has 1 amide bonds. The summed E-state index contributed by atoms with van der Waals surface area (Å²) in [5.41, 5.74) is 2.12. The fourth-order valence-electron chi connectivity index (χ4n) is 3.12. The summed E-state index contributed by atoms with van der Waals surface area (Å²) in [6, 6.07) is 17.9. The van der Waals surface area contributed by atoms with E-state index in [-0.39, 0.29) is 11.4 Å². The van der Waals surface area contributed by atoms with Crippen LogP contribution in [-0.4, -0.2) is 25.2 Å². The number of aryl methyl sites for hydroxylation is 1. The number of nitrogens with one attached hydrogen (secondary N) is 1. The van der Waals surface area contributed by atoms with E-state index in [1.807, 2.05) is 25.1 Å². The van der Waals surface area contributed by atoms with Crippen LogP contribution < -0.4 is 5.32 Å². The molecule has 0 unspecified atom stereocenters. The molecule has 0 saturated carbocycles. The normalized spacial score (nSPS) is 11.5. The number of carbonyl (C=O) groups is 1. The first-order chi connectivity index (χ1) is 15.2. The van der Waals surface area contributed by atoms with Gasteiger partial charge in [0.25, 0.3) is 0 Å². The van der Waals surface area contributed by atoms with Gasteiger partial charge in [0.2, 0.25) is 15.9 Å². The summed E-state index contributed by atoms with van der Waals surface area (Å²) >= 11 is 18.1. The lowest BCUT2D eigenvalue weighted by molar-refractivity contribution is -0.116. The number of para-hydroxylation sites is 1. The number of carbonyl (C=O) groups excluding carboxylic acids is 1. The number of hydrogen-bond acceptors (Lipinski definition) is 3. The molecule has 3 aromatic rings. The number of nitrogens with zero attached hydrogens (tertiary/aromatic N) is 1. The zero-order chi connectivity index (χ0) is 23.3. The van der Waals surface area contributed by atoms with Crippen molar-refractivity contribution in [1.29, 1.82) is 0 Å². The minimum Gasteiger partial charge on any atom is -0.325 e. The maximum absolute atomic E-state index is 13.4. The number of sulfonamides is 1. The molecular weight excluding hydrogens is 491 g/mol. The van der Waals surface area contributed by atoms with E-state index in [4.69, 9.17) is 34.8 Å². The van der Waals surface area contributed by atoms with E-state index in [9.17, 15) is 13.2 Å². The number of anilines is 1. The zero-order valence-electron chi connectivity index (χ0n) is 17.2. The average molecular weight is 512 g/mol. The van der Waals surface area contributed by atoms with Crippen LogP contribution in [0, 0.1) is 0 Å². The third-order valence-corrected chi connectivity index (χ3v) is 7.45.